The summed E-state index contributed by atoms with van der Waals surface area (Å²) >= 11 is 0. The highest BCUT2D eigenvalue weighted by Gasteiger charge is 2.12. The predicted octanol–water partition coefficient (Wildman–Crippen LogP) is 4.18. The van der Waals surface area contributed by atoms with Crippen molar-refractivity contribution in [3.05, 3.63) is 102 Å². The molecule has 1 atom stereocenters. The Labute approximate surface area is 165 Å². The summed E-state index contributed by atoms with van der Waals surface area (Å²) in [5.41, 5.74) is 4.53. The maximum Gasteiger partial charge on any atom is 0.159 e. The second-order valence-electron chi connectivity index (χ2n) is 6.86. The molecule has 0 radical (unpaired) electrons. The van der Waals surface area contributed by atoms with Crippen LogP contribution in [0.25, 0.3) is 11.4 Å². The fraction of sp³-hybridized carbons (Fsp3) is 0.174. The lowest BCUT2D eigenvalue weighted by Gasteiger charge is -2.19. The molecule has 0 fully saturated rings. The Morgan fingerprint density at radius 2 is 1.79 bits per heavy atom. The topological polar surface area (TPSA) is 55.6 Å². The van der Waals surface area contributed by atoms with Gasteiger partial charge < -0.3 is 5.32 Å². The number of hydrogen-bond donors (Lipinski definition) is 1. The van der Waals surface area contributed by atoms with Crippen LogP contribution in [0.4, 0.5) is 0 Å². The van der Waals surface area contributed by atoms with E-state index in [1.54, 1.807) is 6.20 Å². The molecule has 2 aromatic heterocycles. The van der Waals surface area contributed by atoms with Crippen LogP contribution in [0.1, 0.15) is 22.7 Å². The van der Waals surface area contributed by atoms with Gasteiger partial charge in [0.2, 0.25) is 0 Å². The van der Waals surface area contributed by atoms with Crippen molar-refractivity contribution in [3.63, 3.8) is 0 Å². The maximum atomic E-state index is 4.55. The number of aromatic nitrogens is 4. The lowest BCUT2D eigenvalue weighted by Crippen LogP contribution is -2.25. The first-order chi connectivity index (χ1) is 13.8. The van der Waals surface area contributed by atoms with Gasteiger partial charge in [-0.05, 0) is 24.6 Å². The zero-order valence-corrected chi connectivity index (χ0v) is 15.9. The molecule has 0 saturated heterocycles. The van der Waals surface area contributed by atoms with Crippen LogP contribution in [0.3, 0.4) is 0 Å². The minimum absolute atomic E-state index is 0.151. The van der Waals surface area contributed by atoms with Crippen molar-refractivity contribution in [1.29, 1.82) is 0 Å². The van der Waals surface area contributed by atoms with Crippen LogP contribution in [0.2, 0.25) is 0 Å². The van der Waals surface area contributed by atoms with Gasteiger partial charge in [0.1, 0.15) is 0 Å². The fourth-order valence-electron chi connectivity index (χ4n) is 3.19. The Kier molecular flexibility index (Phi) is 5.54. The Hall–Kier alpha value is -3.31. The van der Waals surface area contributed by atoms with Crippen molar-refractivity contribution in [1.82, 2.24) is 25.1 Å². The summed E-state index contributed by atoms with van der Waals surface area (Å²) in [5.74, 6) is 0.753. The van der Waals surface area contributed by atoms with Crippen LogP contribution < -0.4 is 5.32 Å². The first-order valence-electron chi connectivity index (χ1n) is 9.42. The van der Waals surface area contributed by atoms with Crippen molar-refractivity contribution in [2.75, 3.05) is 0 Å². The molecule has 0 aliphatic rings. The molecule has 0 saturated carbocycles. The van der Waals surface area contributed by atoms with Gasteiger partial charge in [-0.15, -0.1) is 0 Å². The molecular formula is C23H23N5. The van der Waals surface area contributed by atoms with Gasteiger partial charge >= 0.3 is 0 Å². The monoisotopic (exact) mass is 369 g/mol. The summed E-state index contributed by atoms with van der Waals surface area (Å²) in [5, 5.41) is 7.96. The van der Waals surface area contributed by atoms with E-state index in [0.29, 0.717) is 6.54 Å². The zero-order chi connectivity index (χ0) is 19.2. The maximum absolute atomic E-state index is 4.55. The van der Waals surface area contributed by atoms with Gasteiger partial charge in [0.05, 0.1) is 12.6 Å². The van der Waals surface area contributed by atoms with E-state index in [4.69, 9.17) is 0 Å². The highest BCUT2D eigenvalue weighted by Crippen LogP contribution is 2.17. The smallest absolute Gasteiger partial charge is 0.159 e. The van der Waals surface area contributed by atoms with E-state index < -0.39 is 0 Å². The number of rotatable bonds is 7. The molecule has 1 N–H and O–H groups in total. The number of nitrogens with one attached hydrogen (secondary N) is 1. The van der Waals surface area contributed by atoms with E-state index >= 15 is 0 Å². The quantitative estimate of drug-likeness (QED) is 0.531. The van der Waals surface area contributed by atoms with E-state index in [0.717, 1.165) is 23.5 Å². The predicted molar refractivity (Wildman–Crippen MR) is 110 cm³/mol. The molecule has 2 heterocycles. The van der Waals surface area contributed by atoms with Gasteiger partial charge in [0, 0.05) is 42.5 Å². The van der Waals surface area contributed by atoms with E-state index in [1.165, 1.54) is 11.1 Å². The number of hydrogen-bond acceptors (Lipinski definition) is 4. The van der Waals surface area contributed by atoms with Gasteiger partial charge in [-0.2, -0.15) is 5.10 Å². The summed E-state index contributed by atoms with van der Waals surface area (Å²) in [4.78, 5) is 9.10. The van der Waals surface area contributed by atoms with E-state index in [9.17, 15) is 0 Å². The number of nitrogens with zero attached hydrogens (tertiary/aromatic N) is 4. The third-order valence-corrected chi connectivity index (χ3v) is 4.66. The van der Waals surface area contributed by atoms with Crippen LogP contribution in [0, 0.1) is 6.92 Å². The summed E-state index contributed by atoms with van der Waals surface area (Å²) in [6.07, 6.45) is 7.58. The fourth-order valence-corrected chi connectivity index (χ4v) is 3.19. The molecule has 140 valence electrons. The highest BCUT2D eigenvalue weighted by molar-refractivity contribution is 5.55. The van der Waals surface area contributed by atoms with Crippen molar-refractivity contribution in [2.45, 2.75) is 26.1 Å². The molecule has 4 rings (SSSR count). The largest absolute Gasteiger partial charge is 0.304 e. The lowest BCUT2D eigenvalue weighted by atomic mass is 10.1. The molecule has 5 nitrogen and oxygen atoms in total. The Morgan fingerprint density at radius 1 is 0.964 bits per heavy atom. The molecule has 0 unspecified atom stereocenters. The van der Waals surface area contributed by atoms with Crippen LogP contribution in [-0.2, 0) is 13.1 Å². The highest BCUT2D eigenvalue weighted by atomic mass is 15.3. The normalized spacial score (nSPS) is 12.0. The Bertz CT molecular complexity index is 995. The molecule has 2 aromatic carbocycles. The summed E-state index contributed by atoms with van der Waals surface area (Å²) in [6.45, 7) is 3.53. The third-order valence-electron chi connectivity index (χ3n) is 4.66. The number of benzene rings is 2. The molecule has 0 amide bonds. The van der Waals surface area contributed by atoms with Gasteiger partial charge in [0.15, 0.2) is 5.82 Å². The zero-order valence-electron chi connectivity index (χ0n) is 15.9. The molecule has 0 aliphatic carbocycles. The molecule has 0 aliphatic heterocycles. The van der Waals surface area contributed by atoms with Crippen molar-refractivity contribution < 1.29 is 0 Å². The van der Waals surface area contributed by atoms with Gasteiger partial charge in [-0.25, -0.2) is 9.97 Å². The molecule has 0 bridgehead atoms. The SMILES string of the molecule is Cc1cccc(-c2ncc(CN[C@H](Cn3cccn3)c3ccccc3)cn2)c1. The average molecular weight is 369 g/mol. The van der Waals surface area contributed by atoms with Crippen molar-refractivity contribution >= 4 is 0 Å². The van der Waals surface area contributed by atoms with Crippen LogP contribution >= 0.6 is 0 Å². The standard InChI is InChI=1S/C23H23N5/c1-18-7-5-10-21(13-18)23-25-15-19(16-26-23)14-24-22(17-28-12-6-11-27-28)20-8-3-2-4-9-20/h2-13,15-16,22,24H,14,17H2,1H3/t22-/m1/s1. The second kappa shape index (κ2) is 8.59. The number of aryl methyl sites for hydroxylation is 1. The molecule has 5 heteroatoms. The first-order valence-corrected chi connectivity index (χ1v) is 9.42. The van der Waals surface area contributed by atoms with Crippen molar-refractivity contribution in [3.8, 4) is 11.4 Å². The van der Waals surface area contributed by atoms with Crippen molar-refractivity contribution in [2.24, 2.45) is 0 Å². The van der Waals surface area contributed by atoms with E-state index in [-0.39, 0.29) is 6.04 Å². The van der Waals surface area contributed by atoms with Crippen LogP contribution in [0.15, 0.2) is 85.5 Å². The molecule has 28 heavy (non-hydrogen) atoms. The summed E-state index contributed by atoms with van der Waals surface area (Å²) < 4.78 is 1.95. The lowest BCUT2D eigenvalue weighted by molar-refractivity contribution is 0.437. The van der Waals surface area contributed by atoms with Crippen LogP contribution in [-0.4, -0.2) is 19.7 Å². The minimum Gasteiger partial charge on any atom is -0.304 e. The third kappa shape index (κ3) is 4.50. The molecule has 4 aromatic rings. The van der Waals surface area contributed by atoms with E-state index in [1.807, 2.05) is 47.5 Å². The van der Waals surface area contributed by atoms with Crippen LogP contribution in [0.5, 0.6) is 0 Å². The summed E-state index contributed by atoms with van der Waals surface area (Å²) in [7, 11) is 0. The van der Waals surface area contributed by atoms with Gasteiger partial charge in [-0.1, -0.05) is 54.1 Å². The molecule has 0 spiro atoms. The second-order valence-corrected chi connectivity index (χ2v) is 6.86. The summed E-state index contributed by atoms with van der Waals surface area (Å²) in [6, 6.07) is 20.8. The van der Waals surface area contributed by atoms with Gasteiger partial charge in [-0.3, -0.25) is 4.68 Å². The molecular weight excluding hydrogens is 346 g/mol. The average Bonchev–Trinajstić information content (AvgIpc) is 3.25. The Morgan fingerprint density at radius 3 is 2.50 bits per heavy atom. The Balaban J connectivity index is 1.46. The minimum atomic E-state index is 0.151. The van der Waals surface area contributed by atoms with E-state index in [2.05, 4.69) is 63.7 Å². The first kappa shape index (κ1) is 18.1. The van der Waals surface area contributed by atoms with Gasteiger partial charge in [0.25, 0.3) is 0 Å².